The van der Waals surface area contributed by atoms with E-state index in [1.165, 1.54) is 23.3 Å². The van der Waals surface area contributed by atoms with Crippen LogP contribution in [0.3, 0.4) is 0 Å². The van der Waals surface area contributed by atoms with E-state index < -0.39 is 23.7 Å². The highest BCUT2D eigenvalue weighted by molar-refractivity contribution is 5.60. The van der Waals surface area contributed by atoms with Crippen molar-refractivity contribution in [2.45, 2.75) is 12.4 Å². The molecule has 6 nitrogen and oxygen atoms in total. The molecule has 158 valence electrons. The number of alkyl halides is 6. The first kappa shape index (κ1) is 20.4. The highest BCUT2D eigenvalue weighted by Gasteiger charge is 2.35. The number of nitrogens with zero attached hydrogens (tertiary/aromatic N) is 6. The van der Waals surface area contributed by atoms with Crippen LogP contribution in [0.1, 0.15) is 11.4 Å². The number of aromatic nitrogens is 6. The summed E-state index contributed by atoms with van der Waals surface area (Å²) >= 11 is 0. The Hall–Kier alpha value is -3.83. The molecule has 0 aliphatic heterocycles. The topological polar surface area (TPSA) is 69.4 Å². The van der Waals surface area contributed by atoms with Crippen LogP contribution in [0.5, 0.6) is 0 Å². The van der Waals surface area contributed by atoms with Gasteiger partial charge in [-0.1, -0.05) is 0 Å². The molecule has 4 heterocycles. The van der Waals surface area contributed by atoms with E-state index in [2.05, 4.69) is 24.9 Å². The standard InChI is InChI=1S/C19H10F6N6/c20-18(21,22)15-4-3-12(8-27-15)13-6-16(19(23,24)25)30-17(29-13)31-9-14(28-10-31)11-2-1-5-26-7-11/h1-10H. The summed E-state index contributed by atoms with van der Waals surface area (Å²) in [5, 5.41) is 0. The highest BCUT2D eigenvalue weighted by Crippen LogP contribution is 2.32. The number of imidazole rings is 1. The van der Waals surface area contributed by atoms with E-state index >= 15 is 0 Å². The fourth-order valence-corrected chi connectivity index (χ4v) is 2.65. The maximum Gasteiger partial charge on any atom is 0.433 e. The number of halogens is 6. The number of pyridine rings is 2. The zero-order valence-electron chi connectivity index (χ0n) is 15.2. The lowest BCUT2D eigenvalue weighted by atomic mass is 10.1. The Kier molecular flexibility index (Phi) is 4.91. The number of hydrogen-bond acceptors (Lipinski definition) is 5. The summed E-state index contributed by atoms with van der Waals surface area (Å²) in [7, 11) is 0. The van der Waals surface area contributed by atoms with E-state index in [1.807, 2.05) is 0 Å². The minimum Gasteiger partial charge on any atom is -0.274 e. The zero-order chi connectivity index (χ0) is 22.2. The van der Waals surface area contributed by atoms with Crippen molar-refractivity contribution < 1.29 is 26.3 Å². The Bertz CT molecular complexity index is 1200. The van der Waals surface area contributed by atoms with Crippen molar-refractivity contribution in [1.29, 1.82) is 0 Å². The van der Waals surface area contributed by atoms with Crippen LogP contribution < -0.4 is 0 Å². The normalized spacial score (nSPS) is 12.2. The lowest BCUT2D eigenvalue weighted by Crippen LogP contribution is -2.12. The van der Waals surface area contributed by atoms with Crippen molar-refractivity contribution in [2.24, 2.45) is 0 Å². The molecular weight excluding hydrogens is 426 g/mol. The van der Waals surface area contributed by atoms with Gasteiger partial charge in [-0.2, -0.15) is 26.3 Å². The first-order valence-corrected chi connectivity index (χ1v) is 8.56. The van der Waals surface area contributed by atoms with Crippen molar-refractivity contribution >= 4 is 0 Å². The Morgan fingerprint density at radius 3 is 2.10 bits per heavy atom. The van der Waals surface area contributed by atoms with Gasteiger partial charge in [0, 0.05) is 35.9 Å². The summed E-state index contributed by atoms with van der Waals surface area (Å²) in [6.45, 7) is 0. The van der Waals surface area contributed by atoms with Crippen LogP contribution in [-0.2, 0) is 12.4 Å². The van der Waals surface area contributed by atoms with Crippen molar-refractivity contribution in [3.8, 4) is 28.5 Å². The third-order valence-electron chi connectivity index (χ3n) is 4.13. The van der Waals surface area contributed by atoms with Crippen LogP contribution in [0.2, 0.25) is 0 Å². The molecule has 0 fully saturated rings. The van der Waals surface area contributed by atoms with Crippen LogP contribution in [-0.4, -0.2) is 29.5 Å². The van der Waals surface area contributed by atoms with Gasteiger partial charge in [0.15, 0.2) is 5.69 Å². The molecule has 4 rings (SSSR count). The molecule has 0 aliphatic carbocycles. The molecule has 12 heteroatoms. The van der Waals surface area contributed by atoms with E-state index in [-0.39, 0.29) is 17.2 Å². The van der Waals surface area contributed by atoms with Crippen LogP contribution >= 0.6 is 0 Å². The van der Waals surface area contributed by atoms with Crippen molar-refractivity contribution in [2.75, 3.05) is 0 Å². The molecule has 0 bridgehead atoms. The van der Waals surface area contributed by atoms with E-state index in [9.17, 15) is 26.3 Å². The monoisotopic (exact) mass is 436 g/mol. The molecule has 0 unspecified atom stereocenters. The molecule has 0 amide bonds. The van der Waals surface area contributed by atoms with E-state index in [0.717, 1.165) is 12.3 Å². The minimum atomic E-state index is -4.81. The van der Waals surface area contributed by atoms with Gasteiger partial charge in [0.05, 0.1) is 11.4 Å². The van der Waals surface area contributed by atoms with Gasteiger partial charge in [-0.15, -0.1) is 0 Å². The summed E-state index contributed by atoms with van der Waals surface area (Å²) < 4.78 is 79.5. The first-order valence-electron chi connectivity index (χ1n) is 8.56. The van der Waals surface area contributed by atoms with E-state index in [1.54, 1.807) is 18.3 Å². The predicted octanol–water partition coefficient (Wildman–Crippen LogP) is 4.82. The average Bonchev–Trinajstić information content (AvgIpc) is 3.23. The van der Waals surface area contributed by atoms with Gasteiger partial charge in [-0.05, 0) is 30.3 Å². The molecular formula is C19H10F6N6. The fourth-order valence-electron chi connectivity index (χ4n) is 2.65. The smallest absolute Gasteiger partial charge is 0.274 e. The third-order valence-corrected chi connectivity index (χ3v) is 4.13. The summed E-state index contributed by atoms with van der Waals surface area (Å²) in [5.74, 6) is -0.354. The SMILES string of the molecule is FC(F)(F)c1ccc(-c2cc(C(F)(F)F)nc(-n3cnc(-c4cccnc4)c3)n2)cn1. The van der Waals surface area contributed by atoms with Gasteiger partial charge in [0.25, 0.3) is 0 Å². The van der Waals surface area contributed by atoms with Crippen molar-refractivity contribution in [3.05, 3.63) is 72.8 Å². The molecule has 0 aromatic carbocycles. The van der Waals surface area contributed by atoms with Gasteiger partial charge in [0.1, 0.15) is 12.0 Å². The summed E-state index contributed by atoms with van der Waals surface area (Å²) in [6, 6.07) is 5.70. The lowest BCUT2D eigenvalue weighted by Gasteiger charge is -2.11. The molecule has 0 N–H and O–H groups in total. The van der Waals surface area contributed by atoms with E-state index in [4.69, 9.17) is 0 Å². The average molecular weight is 436 g/mol. The molecule has 0 saturated carbocycles. The Labute approximate surface area is 170 Å². The Morgan fingerprint density at radius 2 is 1.48 bits per heavy atom. The second-order valence-electron chi connectivity index (χ2n) is 6.27. The van der Waals surface area contributed by atoms with Crippen LogP contribution in [0.25, 0.3) is 28.5 Å². The fraction of sp³-hybridized carbons (Fsp3) is 0.105. The number of hydrogen-bond donors (Lipinski definition) is 0. The third kappa shape index (κ3) is 4.37. The van der Waals surface area contributed by atoms with Crippen LogP contribution in [0, 0.1) is 0 Å². The second kappa shape index (κ2) is 7.45. The molecule has 0 radical (unpaired) electrons. The van der Waals surface area contributed by atoms with Gasteiger partial charge in [-0.25, -0.2) is 15.0 Å². The van der Waals surface area contributed by atoms with Crippen molar-refractivity contribution in [3.63, 3.8) is 0 Å². The van der Waals surface area contributed by atoms with Gasteiger partial charge in [0.2, 0.25) is 5.95 Å². The predicted molar refractivity (Wildman–Crippen MR) is 95.6 cm³/mol. The van der Waals surface area contributed by atoms with Crippen LogP contribution in [0.4, 0.5) is 26.3 Å². The Morgan fingerprint density at radius 1 is 0.742 bits per heavy atom. The molecule has 4 aromatic heterocycles. The van der Waals surface area contributed by atoms with Crippen LogP contribution in [0.15, 0.2) is 61.4 Å². The maximum absolute atomic E-state index is 13.4. The number of rotatable bonds is 3. The quantitative estimate of drug-likeness (QED) is 0.431. The van der Waals surface area contributed by atoms with Gasteiger partial charge in [-0.3, -0.25) is 14.5 Å². The van der Waals surface area contributed by atoms with E-state index in [0.29, 0.717) is 23.4 Å². The lowest BCUT2D eigenvalue weighted by molar-refractivity contribution is -0.141. The highest BCUT2D eigenvalue weighted by atomic mass is 19.4. The summed E-state index contributed by atoms with van der Waals surface area (Å²) in [5.41, 5.74) is -1.65. The van der Waals surface area contributed by atoms with Crippen molar-refractivity contribution in [1.82, 2.24) is 29.5 Å². The molecule has 0 spiro atoms. The second-order valence-corrected chi connectivity index (χ2v) is 6.27. The molecule has 0 aliphatic rings. The first-order chi connectivity index (χ1) is 14.6. The van der Waals surface area contributed by atoms with Gasteiger partial charge < -0.3 is 0 Å². The maximum atomic E-state index is 13.4. The van der Waals surface area contributed by atoms with Gasteiger partial charge >= 0.3 is 12.4 Å². The molecule has 0 atom stereocenters. The Balaban J connectivity index is 1.78. The largest absolute Gasteiger partial charge is 0.433 e. The molecule has 0 saturated heterocycles. The minimum absolute atomic E-state index is 0.0326. The molecule has 31 heavy (non-hydrogen) atoms. The summed E-state index contributed by atoms with van der Waals surface area (Å²) in [4.78, 5) is 18.9. The summed E-state index contributed by atoms with van der Waals surface area (Å²) in [6.07, 6.45) is -2.94. The zero-order valence-corrected chi connectivity index (χ0v) is 15.2. The molecule has 4 aromatic rings.